The Hall–Kier alpha value is -3.62. The van der Waals surface area contributed by atoms with E-state index in [1.807, 2.05) is 0 Å². The molecule has 0 heterocycles. The Balaban J connectivity index is 2.44. The first-order valence-corrected chi connectivity index (χ1v) is 27.8. The van der Waals surface area contributed by atoms with Crippen LogP contribution in [-0.2, 0) is 35.0 Å². The summed E-state index contributed by atoms with van der Waals surface area (Å²) in [6, 6.07) is 3.50. The highest BCUT2D eigenvalue weighted by Gasteiger charge is 2.21. The number of methoxy groups -OCH3 is 2. The first-order chi connectivity index (χ1) is 33.3. The van der Waals surface area contributed by atoms with Crippen LogP contribution in [0.5, 0.6) is 11.5 Å². The van der Waals surface area contributed by atoms with Gasteiger partial charge in [-0.2, -0.15) is 0 Å². The quantitative estimate of drug-likeness (QED) is 0.0207. The average molecular weight is 953 g/mol. The van der Waals surface area contributed by atoms with Crippen LogP contribution in [0.2, 0.25) is 0 Å². The van der Waals surface area contributed by atoms with Crippen molar-refractivity contribution in [2.75, 3.05) is 27.4 Å². The Morgan fingerprint density at radius 3 is 1.29 bits per heavy atom. The largest absolute Gasteiger partial charge is 0.496 e. The van der Waals surface area contributed by atoms with E-state index >= 15 is 0 Å². The molecule has 1 aromatic carbocycles. The maximum Gasteiger partial charge on any atom is 0.306 e. The van der Waals surface area contributed by atoms with Crippen molar-refractivity contribution >= 4 is 24.2 Å². The molecule has 0 bridgehead atoms. The number of hydrogen-bond donors (Lipinski definition) is 0. The van der Waals surface area contributed by atoms with Crippen molar-refractivity contribution < 1.29 is 42.9 Å². The van der Waals surface area contributed by atoms with Crippen molar-refractivity contribution in [1.82, 2.24) is 0 Å². The fraction of sp³-hybridized carbons (Fsp3) is 0.763. The van der Waals surface area contributed by atoms with Crippen LogP contribution in [0.1, 0.15) is 261 Å². The monoisotopic (exact) mass is 953 g/mol. The molecule has 0 radical (unpaired) electrons. The van der Waals surface area contributed by atoms with Gasteiger partial charge in [0, 0.05) is 30.4 Å². The molecule has 390 valence electrons. The van der Waals surface area contributed by atoms with Crippen LogP contribution >= 0.6 is 0 Å². The van der Waals surface area contributed by atoms with E-state index < -0.39 is 6.10 Å². The molecule has 1 aromatic rings. The zero-order valence-corrected chi connectivity index (χ0v) is 44.2. The van der Waals surface area contributed by atoms with Gasteiger partial charge in [0.1, 0.15) is 31.0 Å². The number of hydrogen-bond acceptors (Lipinski definition) is 9. The van der Waals surface area contributed by atoms with Crippen molar-refractivity contribution in [3.8, 4) is 11.5 Å². The molecular formula is C59H100O9. The van der Waals surface area contributed by atoms with Gasteiger partial charge < -0.3 is 23.7 Å². The SMILES string of the molecule is CCCCCCCC/C=C\CCCCCCCC(=O)OCC(COC(=O)CCCCCCC/C=C\CCCCCCCC)OC(=O)CC(C)CCCCCCCc1c(OC)cc(C=O)cc1OC. The van der Waals surface area contributed by atoms with E-state index in [2.05, 4.69) is 45.1 Å². The van der Waals surface area contributed by atoms with Gasteiger partial charge in [0.2, 0.25) is 0 Å². The van der Waals surface area contributed by atoms with E-state index in [0.29, 0.717) is 29.9 Å². The maximum atomic E-state index is 13.1. The van der Waals surface area contributed by atoms with Crippen LogP contribution in [0.3, 0.4) is 0 Å². The highest BCUT2D eigenvalue weighted by molar-refractivity contribution is 5.77. The van der Waals surface area contributed by atoms with Crippen molar-refractivity contribution in [2.45, 2.75) is 258 Å². The van der Waals surface area contributed by atoms with Crippen LogP contribution in [0.15, 0.2) is 36.4 Å². The zero-order chi connectivity index (χ0) is 49.6. The zero-order valence-electron chi connectivity index (χ0n) is 44.2. The number of unbranched alkanes of at least 4 members (excludes halogenated alkanes) is 26. The van der Waals surface area contributed by atoms with Crippen molar-refractivity contribution in [2.24, 2.45) is 5.92 Å². The molecule has 0 fully saturated rings. The summed E-state index contributed by atoms with van der Waals surface area (Å²) in [6.45, 7) is 6.33. The van der Waals surface area contributed by atoms with Gasteiger partial charge in [0.05, 0.1) is 14.2 Å². The molecule has 1 unspecified atom stereocenters. The van der Waals surface area contributed by atoms with Gasteiger partial charge in [-0.1, -0.05) is 180 Å². The number of esters is 3. The minimum absolute atomic E-state index is 0.121. The standard InChI is InChI=1S/C59H100O9/c1-6-8-10-12-14-16-18-20-22-24-26-28-30-35-39-43-57(61)66-49-53(50-67-58(62)44-40-36-31-29-27-25-23-21-19-17-15-13-11-9-7-2)68-59(63)45-51(3)41-37-33-32-34-38-42-54-55(64-4)46-52(48-60)47-56(54)65-5/h20-23,46-48,51,53H,6-19,24-45,49-50H2,1-5H3/b22-20-,23-21-. The number of benzene rings is 1. The first-order valence-electron chi connectivity index (χ1n) is 27.8. The summed E-state index contributed by atoms with van der Waals surface area (Å²) >= 11 is 0. The molecule has 0 spiro atoms. The number of carbonyl (C=O) groups is 4. The minimum Gasteiger partial charge on any atom is -0.496 e. The van der Waals surface area contributed by atoms with Crippen molar-refractivity contribution in [3.63, 3.8) is 0 Å². The summed E-state index contributed by atoms with van der Waals surface area (Å²) in [5.74, 6) is 0.478. The summed E-state index contributed by atoms with van der Waals surface area (Å²) in [5, 5.41) is 0. The van der Waals surface area contributed by atoms with Crippen LogP contribution < -0.4 is 9.47 Å². The molecule has 1 atom stereocenters. The van der Waals surface area contributed by atoms with Gasteiger partial charge in [0.25, 0.3) is 0 Å². The van der Waals surface area contributed by atoms with Gasteiger partial charge >= 0.3 is 17.9 Å². The Kier molecular flexibility index (Phi) is 42.0. The maximum absolute atomic E-state index is 13.1. The highest BCUT2D eigenvalue weighted by atomic mass is 16.6. The molecule has 68 heavy (non-hydrogen) atoms. The molecule has 0 aliphatic heterocycles. The second-order valence-electron chi connectivity index (χ2n) is 19.3. The number of rotatable bonds is 48. The number of aldehydes is 1. The van der Waals surface area contributed by atoms with E-state index in [9.17, 15) is 19.2 Å². The molecule has 9 nitrogen and oxygen atoms in total. The second kappa shape index (κ2) is 45.8. The average Bonchev–Trinajstić information content (AvgIpc) is 3.34. The van der Waals surface area contributed by atoms with E-state index in [4.69, 9.17) is 23.7 Å². The van der Waals surface area contributed by atoms with Gasteiger partial charge in [0.15, 0.2) is 6.10 Å². The summed E-state index contributed by atoms with van der Waals surface area (Å²) in [5.41, 5.74) is 1.51. The van der Waals surface area contributed by atoms with Gasteiger partial charge in [-0.25, -0.2) is 0 Å². The molecule has 0 N–H and O–H groups in total. The lowest BCUT2D eigenvalue weighted by molar-refractivity contribution is -0.167. The molecule has 0 aliphatic rings. The molecule has 0 saturated carbocycles. The van der Waals surface area contributed by atoms with E-state index in [1.54, 1.807) is 26.4 Å². The van der Waals surface area contributed by atoms with Gasteiger partial charge in [-0.15, -0.1) is 0 Å². The fourth-order valence-electron chi connectivity index (χ4n) is 8.58. The first kappa shape index (κ1) is 62.4. The van der Waals surface area contributed by atoms with Crippen molar-refractivity contribution in [1.29, 1.82) is 0 Å². The summed E-state index contributed by atoms with van der Waals surface area (Å²) < 4.78 is 28.0. The van der Waals surface area contributed by atoms with E-state index in [-0.39, 0.29) is 43.5 Å². The van der Waals surface area contributed by atoms with Crippen LogP contribution in [0.4, 0.5) is 0 Å². The summed E-state index contributed by atoms with van der Waals surface area (Å²) in [6.07, 6.45) is 48.0. The van der Waals surface area contributed by atoms with E-state index in [1.165, 1.54) is 103 Å². The molecule has 0 aliphatic carbocycles. The number of ether oxygens (including phenoxy) is 5. The third-order valence-corrected chi connectivity index (χ3v) is 12.8. The van der Waals surface area contributed by atoms with Gasteiger partial charge in [-0.05, 0) is 95.1 Å². The molecule has 0 amide bonds. The van der Waals surface area contributed by atoms with Crippen LogP contribution in [-0.4, -0.2) is 57.7 Å². The summed E-state index contributed by atoms with van der Waals surface area (Å²) in [4.78, 5) is 49.8. The van der Waals surface area contributed by atoms with Crippen molar-refractivity contribution in [3.05, 3.63) is 47.6 Å². The number of carbonyl (C=O) groups excluding carboxylic acids is 4. The second-order valence-corrected chi connectivity index (χ2v) is 19.3. The van der Waals surface area contributed by atoms with Gasteiger partial charge in [-0.3, -0.25) is 19.2 Å². The molecular weight excluding hydrogens is 853 g/mol. The highest BCUT2D eigenvalue weighted by Crippen LogP contribution is 2.32. The van der Waals surface area contributed by atoms with Crippen LogP contribution in [0.25, 0.3) is 0 Å². The fourth-order valence-corrected chi connectivity index (χ4v) is 8.58. The predicted octanol–water partition coefficient (Wildman–Crippen LogP) is 16.5. The molecule has 1 rings (SSSR count). The Bertz CT molecular complexity index is 1370. The lowest BCUT2D eigenvalue weighted by atomic mass is 9.98. The van der Waals surface area contributed by atoms with Crippen LogP contribution in [0, 0.1) is 5.92 Å². The number of allylic oxidation sites excluding steroid dienone is 4. The third-order valence-electron chi connectivity index (χ3n) is 12.8. The lowest BCUT2D eigenvalue weighted by Crippen LogP contribution is -2.31. The normalized spacial score (nSPS) is 12.0. The molecule has 0 saturated heterocycles. The van der Waals surface area contributed by atoms with E-state index in [0.717, 1.165) is 121 Å². The Morgan fingerprint density at radius 2 is 0.882 bits per heavy atom. The lowest BCUT2D eigenvalue weighted by Gasteiger charge is -2.19. The molecule has 9 heteroatoms. The molecule has 0 aromatic heterocycles. The topological polar surface area (TPSA) is 114 Å². The minimum atomic E-state index is -0.835. The Labute approximate surface area is 416 Å². The predicted molar refractivity (Wildman–Crippen MR) is 281 cm³/mol. The summed E-state index contributed by atoms with van der Waals surface area (Å²) in [7, 11) is 3.22. The smallest absolute Gasteiger partial charge is 0.306 e. The Morgan fingerprint density at radius 1 is 0.500 bits per heavy atom. The third kappa shape index (κ3) is 36.4.